The summed E-state index contributed by atoms with van der Waals surface area (Å²) in [5, 5.41) is 0. The molecule has 1 aliphatic rings. The highest BCUT2D eigenvalue weighted by atomic mass is 15.2. The highest BCUT2D eigenvalue weighted by molar-refractivity contribution is 5.57. The van der Waals surface area contributed by atoms with Crippen LogP contribution in [0.25, 0.3) is 0 Å². The number of anilines is 1. The second-order valence-corrected chi connectivity index (χ2v) is 5.55. The molecule has 1 aliphatic heterocycles. The van der Waals surface area contributed by atoms with Crippen LogP contribution in [-0.4, -0.2) is 19.6 Å². The van der Waals surface area contributed by atoms with Gasteiger partial charge < -0.3 is 10.6 Å². The summed E-state index contributed by atoms with van der Waals surface area (Å²) < 4.78 is 0. The van der Waals surface area contributed by atoms with Crippen molar-refractivity contribution < 1.29 is 0 Å². The zero-order valence-electron chi connectivity index (χ0n) is 11.2. The van der Waals surface area contributed by atoms with E-state index >= 15 is 0 Å². The van der Waals surface area contributed by atoms with Crippen molar-refractivity contribution in [1.82, 2.24) is 0 Å². The minimum absolute atomic E-state index is 0.586. The third kappa shape index (κ3) is 2.63. The molecule has 2 heteroatoms. The van der Waals surface area contributed by atoms with Crippen LogP contribution in [0.15, 0.2) is 18.2 Å². The fourth-order valence-electron chi connectivity index (χ4n) is 2.66. The van der Waals surface area contributed by atoms with Gasteiger partial charge in [0.25, 0.3) is 0 Å². The van der Waals surface area contributed by atoms with E-state index in [0.29, 0.717) is 11.8 Å². The van der Waals surface area contributed by atoms with Gasteiger partial charge in [0, 0.05) is 18.8 Å². The van der Waals surface area contributed by atoms with Crippen LogP contribution in [0, 0.1) is 12.8 Å². The maximum absolute atomic E-state index is 5.78. The zero-order valence-corrected chi connectivity index (χ0v) is 11.2. The van der Waals surface area contributed by atoms with E-state index in [-0.39, 0.29) is 0 Å². The Bertz CT molecular complexity index is 385. The topological polar surface area (TPSA) is 29.3 Å². The van der Waals surface area contributed by atoms with Crippen LogP contribution < -0.4 is 10.6 Å². The Morgan fingerprint density at radius 2 is 2.18 bits per heavy atom. The normalized spacial score (nSPS) is 20.3. The lowest BCUT2D eigenvalue weighted by atomic mass is 9.99. The molecule has 1 aromatic carbocycles. The number of nitrogens with two attached hydrogens (primary N) is 1. The molecule has 0 bridgehead atoms. The third-order valence-electron chi connectivity index (χ3n) is 3.77. The summed E-state index contributed by atoms with van der Waals surface area (Å²) in [6.45, 7) is 9.81. The first kappa shape index (κ1) is 12.4. The Morgan fingerprint density at radius 1 is 1.41 bits per heavy atom. The second-order valence-electron chi connectivity index (χ2n) is 5.55. The van der Waals surface area contributed by atoms with Crippen LogP contribution in [0.2, 0.25) is 0 Å². The van der Waals surface area contributed by atoms with E-state index in [0.717, 1.165) is 19.6 Å². The molecule has 1 saturated heterocycles. The quantitative estimate of drug-likeness (QED) is 0.868. The number of nitrogens with zero attached hydrogens (tertiary/aromatic N) is 1. The van der Waals surface area contributed by atoms with Crippen molar-refractivity contribution in [3.05, 3.63) is 29.3 Å². The maximum atomic E-state index is 5.78. The average molecular weight is 232 g/mol. The average Bonchev–Trinajstić information content (AvgIpc) is 2.76. The van der Waals surface area contributed by atoms with Crippen molar-refractivity contribution in [2.75, 3.05) is 24.5 Å². The van der Waals surface area contributed by atoms with Crippen LogP contribution in [0.3, 0.4) is 0 Å². The molecule has 2 N–H and O–H groups in total. The Kier molecular flexibility index (Phi) is 3.72. The molecule has 0 unspecified atom stereocenters. The molecule has 17 heavy (non-hydrogen) atoms. The van der Waals surface area contributed by atoms with Gasteiger partial charge in [0.2, 0.25) is 0 Å². The summed E-state index contributed by atoms with van der Waals surface area (Å²) in [7, 11) is 0. The van der Waals surface area contributed by atoms with Gasteiger partial charge in [-0.3, -0.25) is 0 Å². The summed E-state index contributed by atoms with van der Waals surface area (Å²) in [6.07, 6.45) is 1.24. The van der Waals surface area contributed by atoms with Crippen LogP contribution in [-0.2, 0) is 0 Å². The van der Waals surface area contributed by atoms with Crippen LogP contribution in [0.1, 0.15) is 37.3 Å². The van der Waals surface area contributed by atoms with Gasteiger partial charge in [-0.05, 0) is 48.9 Å². The molecule has 1 atom stereocenters. The van der Waals surface area contributed by atoms with E-state index in [4.69, 9.17) is 5.73 Å². The molecular formula is C15H24N2. The highest BCUT2D eigenvalue weighted by Crippen LogP contribution is 2.32. The van der Waals surface area contributed by atoms with Gasteiger partial charge in [0.15, 0.2) is 0 Å². The molecule has 0 aliphatic carbocycles. The van der Waals surface area contributed by atoms with Crippen molar-refractivity contribution in [2.24, 2.45) is 11.7 Å². The molecule has 94 valence electrons. The third-order valence-corrected chi connectivity index (χ3v) is 3.77. The first-order chi connectivity index (χ1) is 8.11. The monoisotopic (exact) mass is 232 g/mol. The lowest BCUT2D eigenvalue weighted by Crippen LogP contribution is -2.23. The zero-order chi connectivity index (χ0) is 12.4. The van der Waals surface area contributed by atoms with Gasteiger partial charge in [0.05, 0.1) is 0 Å². The second kappa shape index (κ2) is 5.09. The first-order valence-electron chi connectivity index (χ1n) is 6.67. The molecule has 1 heterocycles. The Morgan fingerprint density at radius 3 is 2.76 bits per heavy atom. The minimum Gasteiger partial charge on any atom is -0.371 e. The van der Waals surface area contributed by atoms with Crippen molar-refractivity contribution in [3.63, 3.8) is 0 Å². The summed E-state index contributed by atoms with van der Waals surface area (Å²) in [4.78, 5) is 2.51. The van der Waals surface area contributed by atoms with Gasteiger partial charge in [0.1, 0.15) is 0 Å². The van der Waals surface area contributed by atoms with Crippen LogP contribution in [0.5, 0.6) is 0 Å². The predicted molar refractivity (Wildman–Crippen MR) is 74.6 cm³/mol. The fourth-order valence-corrected chi connectivity index (χ4v) is 2.66. The van der Waals surface area contributed by atoms with Crippen LogP contribution >= 0.6 is 0 Å². The molecule has 0 saturated carbocycles. The summed E-state index contributed by atoms with van der Waals surface area (Å²) in [6, 6.07) is 6.83. The summed E-state index contributed by atoms with van der Waals surface area (Å²) in [5.74, 6) is 1.26. The Balaban J connectivity index is 2.27. The van der Waals surface area contributed by atoms with E-state index in [9.17, 15) is 0 Å². The largest absolute Gasteiger partial charge is 0.371 e. The lowest BCUT2D eigenvalue weighted by Gasteiger charge is -2.24. The smallest absolute Gasteiger partial charge is 0.0404 e. The molecule has 0 aromatic heterocycles. The molecule has 2 nitrogen and oxygen atoms in total. The van der Waals surface area contributed by atoms with E-state index in [2.05, 4.69) is 43.9 Å². The van der Waals surface area contributed by atoms with Crippen molar-refractivity contribution >= 4 is 5.69 Å². The molecule has 2 rings (SSSR count). The number of rotatable bonds is 3. The van der Waals surface area contributed by atoms with Crippen molar-refractivity contribution in [1.29, 1.82) is 0 Å². The Hall–Kier alpha value is -1.02. The summed E-state index contributed by atoms with van der Waals surface area (Å²) >= 11 is 0. The molecule has 0 radical (unpaired) electrons. The molecule has 1 fully saturated rings. The van der Waals surface area contributed by atoms with Crippen LogP contribution in [0.4, 0.5) is 5.69 Å². The standard InChI is InChI=1S/C15H24N2/c1-11(2)14-5-4-12(3)8-15(14)17-7-6-13(9-16)10-17/h4-5,8,11,13H,6-7,9-10,16H2,1-3H3/t13-/m1/s1. The van der Waals surface area contributed by atoms with Gasteiger partial charge in [-0.15, -0.1) is 0 Å². The van der Waals surface area contributed by atoms with Gasteiger partial charge >= 0.3 is 0 Å². The SMILES string of the molecule is Cc1ccc(C(C)C)c(N2CC[C@H](CN)C2)c1. The number of aryl methyl sites for hydroxylation is 1. The first-order valence-corrected chi connectivity index (χ1v) is 6.67. The molecule has 0 spiro atoms. The fraction of sp³-hybridized carbons (Fsp3) is 0.600. The molecule has 0 amide bonds. The highest BCUT2D eigenvalue weighted by Gasteiger charge is 2.23. The van der Waals surface area contributed by atoms with Crippen molar-refractivity contribution in [3.8, 4) is 0 Å². The summed E-state index contributed by atoms with van der Waals surface area (Å²) in [5.41, 5.74) is 10.0. The molecular weight excluding hydrogens is 208 g/mol. The predicted octanol–water partition coefficient (Wildman–Crippen LogP) is 2.90. The number of hydrogen-bond acceptors (Lipinski definition) is 2. The number of benzene rings is 1. The van der Waals surface area contributed by atoms with Crippen molar-refractivity contribution in [2.45, 2.75) is 33.1 Å². The number of hydrogen-bond donors (Lipinski definition) is 1. The molecule has 1 aromatic rings. The van der Waals surface area contributed by atoms with Gasteiger partial charge in [-0.2, -0.15) is 0 Å². The van der Waals surface area contributed by atoms with E-state index in [1.165, 1.54) is 23.2 Å². The maximum Gasteiger partial charge on any atom is 0.0404 e. The van der Waals surface area contributed by atoms with E-state index < -0.39 is 0 Å². The Labute approximate surface area is 105 Å². The van der Waals surface area contributed by atoms with Gasteiger partial charge in [-0.25, -0.2) is 0 Å². The van der Waals surface area contributed by atoms with E-state index in [1.54, 1.807) is 0 Å². The minimum atomic E-state index is 0.586. The van der Waals surface area contributed by atoms with E-state index in [1.807, 2.05) is 0 Å². The lowest BCUT2D eigenvalue weighted by molar-refractivity contribution is 0.602. The van der Waals surface area contributed by atoms with Gasteiger partial charge in [-0.1, -0.05) is 26.0 Å².